The van der Waals surface area contributed by atoms with E-state index in [9.17, 15) is 13.6 Å². The molecule has 19 heavy (non-hydrogen) atoms. The van der Waals surface area contributed by atoms with Crippen molar-refractivity contribution in [1.82, 2.24) is 10.2 Å². The zero-order chi connectivity index (χ0) is 14.4. The summed E-state index contributed by atoms with van der Waals surface area (Å²) >= 11 is 0. The smallest absolute Gasteiger partial charge is 0.257 e. The van der Waals surface area contributed by atoms with Crippen LogP contribution in [0.3, 0.4) is 0 Å². The number of nitrogens with zero attached hydrogens (tertiary/aromatic N) is 1. The lowest BCUT2D eigenvalue weighted by Crippen LogP contribution is -2.35. The molecule has 0 heterocycles. The zero-order valence-corrected chi connectivity index (χ0v) is 11.2. The molecule has 0 saturated carbocycles. The molecule has 106 valence electrons. The Morgan fingerprint density at radius 2 is 1.95 bits per heavy atom. The van der Waals surface area contributed by atoms with E-state index in [-0.39, 0.29) is 5.69 Å². The van der Waals surface area contributed by atoms with Crippen molar-refractivity contribution in [3.63, 3.8) is 0 Å². The molecule has 3 N–H and O–H groups in total. The molecule has 4 nitrogen and oxygen atoms in total. The van der Waals surface area contributed by atoms with E-state index < -0.39 is 23.1 Å². The van der Waals surface area contributed by atoms with Gasteiger partial charge in [0.05, 0.1) is 5.69 Å². The molecule has 0 radical (unpaired) electrons. The summed E-state index contributed by atoms with van der Waals surface area (Å²) in [5, 5.41) is 2.49. The maximum absolute atomic E-state index is 13.6. The Hall–Kier alpha value is -1.69. The van der Waals surface area contributed by atoms with E-state index in [4.69, 9.17) is 5.73 Å². The van der Waals surface area contributed by atoms with Gasteiger partial charge in [0, 0.05) is 13.1 Å². The van der Waals surface area contributed by atoms with E-state index in [2.05, 4.69) is 10.2 Å². The molecule has 0 aliphatic rings. The largest absolute Gasteiger partial charge is 0.396 e. The van der Waals surface area contributed by atoms with Crippen molar-refractivity contribution < 1.29 is 13.6 Å². The van der Waals surface area contributed by atoms with Crippen molar-refractivity contribution in [2.24, 2.45) is 0 Å². The first-order valence-corrected chi connectivity index (χ1v) is 6.25. The Bertz CT molecular complexity index is 448. The van der Waals surface area contributed by atoms with Gasteiger partial charge in [0.25, 0.3) is 5.91 Å². The number of halogens is 2. The first-order valence-electron chi connectivity index (χ1n) is 6.25. The Labute approximate surface area is 111 Å². The topological polar surface area (TPSA) is 58.4 Å². The third kappa shape index (κ3) is 3.89. The lowest BCUT2D eigenvalue weighted by Gasteiger charge is -2.18. The SMILES string of the molecule is CCN(CC)CCNC(=O)c1c(F)ccc(N)c1F. The number of hydrogen-bond donors (Lipinski definition) is 2. The summed E-state index contributed by atoms with van der Waals surface area (Å²) in [5.74, 6) is -2.71. The van der Waals surface area contributed by atoms with Crippen LogP contribution >= 0.6 is 0 Å². The summed E-state index contributed by atoms with van der Waals surface area (Å²) in [4.78, 5) is 13.8. The monoisotopic (exact) mass is 271 g/mol. The number of nitrogen functional groups attached to an aromatic ring is 1. The van der Waals surface area contributed by atoms with Crippen LogP contribution in [0.15, 0.2) is 12.1 Å². The fourth-order valence-corrected chi connectivity index (χ4v) is 1.73. The van der Waals surface area contributed by atoms with Gasteiger partial charge in [-0.2, -0.15) is 0 Å². The van der Waals surface area contributed by atoms with Crippen LogP contribution in [0, 0.1) is 11.6 Å². The Kier molecular flexibility index (Phi) is 5.69. The molecular formula is C13H19F2N3O. The fraction of sp³-hybridized carbons (Fsp3) is 0.462. The van der Waals surface area contributed by atoms with E-state index in [1.54, 1.807) is 0 Å². The van der Waals surface area contributed by atoms with Crippen molar-refractivity contribution in [3.8, 4) is 0 Å². The number of benzene rings is 1. The standard InChI is InChI=1S/C13H19F2N3O/c1-3-18(4-2)8-7-17-13(19)11-9(14)5-6-10(16)12(11)15/h5-6H,3-4,7-8,16H2,1-2H3,(H,17,19). The minimum atomic E-state index is -1.01. The quantitative estimate of drug-likeness (QED) is 0.773. The van der Waals surface area contributed by atoms with Gasteiger partial charge in [-0.05, 0) is 25.2 Å². The number of hydrogen-bond acceptors (Lipinski definition) is 3. The maximum atomic E-state index is 13.6. The second-order valence-electron chi connectivity index (χ2n) is 4.11. The summed E-state index contributed by atoms with van der Waals surface area (Å²) in [6.45, 7) is 6.67. The van der Waals surface area contributed by atoms with Crippen LogP contribution in [0.2, 0.25) is 0 Å². The molecule has 6 heteroatoms. The minimum absolute atomic E-state index is 0.240. The molecule has 0 aliphatic carbocycles. The van der Waals surface area contributed by atoms with Crippen LogP contribution in [0.5, 0.6) is 0 Å². The highest BCUT2D eigenvalue weighted by Gasteiger charge is 2.19. The number of nitrogens with one attached hydrogen (secondary N) is 1. The van der Waals surface area contributed by atoms with Crippen molar-refractivity contribution >= 4 is 11.6 Å². The number of carbonyl (C=O) groups excluding carboxylic acids is 1. The van der Waals surface area contributed by atoms with Gasteiger partial charge in [0.15, 0.2) is 5.82 Å². The summed E-state index contributed by atoms with van der Waals surface area (Å²) in [6, 6.07) is 2.08. The Balaban J connectivity index is 2.67. The zero-order valence-electron chi connectivity index (χ0n) is 11.2. The molecule has 0 aromatic heterocycles. The van der Waals surface area contributed by atoms with Crippen molar-refractivity contribution in [2.75, 3.05) is 31.9 Å². The van der Waals surface area contributed by atoms with Crippen molar-refractivity contribution in [3.05, 3.63) is 29.3 Å². The second kappa shape index (κ2) is 7.04. The van der Waals surface area contributed by atoms with Gasteiger partial charge < -0.3 is 16.0 Å². The molecule has 1 aromatic carbocycles. The van der Waals surface area contributed by atoms with E-state index in [0.29, 0.717) is 13.1 Å². The number of amides is 1. The number of likely N-dealkylation sites (N-methyl/N-ethyl adjacent to an activating group) is 1. The van der Waals surface area contributed by atoms with E-state index >= 15 is 0 Å². The predicted molar refractivity (Wildman–Crippen MR) is 70.9 cm³/mol. The maximum Gasteiger partial charge on any atom is 0.257 e. The molecule has 1 aromatic rings. The third-order valence-electron chi connectivity index (χ3n) is 2.96. The van der Waals surface area contributed by atoms with Crippen LogP contribution in [0.25, 0.3) is 0 Å². The van der Waals surface area contributed by atoms with Gasteiger partial charge >= 0.3 is 0 Å². The lowest BCUT2D eigenvalue weighted by molar-refractivity contribution is 0.0940. The van der Waals surface area contributed by atoms with Gasteiger partial charge in [-0.3, -0.25) is 4.79 Å². The van der Waals surface area contributed by atoms with Gasteiger partial charge in [0.1, 0.15) is 11.4 Å². The highest BCUT2D eigenvalue weighted by molar-refractivity contribution is 5.95. The number of carbonyl (C=O) groups is 1. The molecule has 0 spiro atoms. The molecular weight excluding hydrogens is 252 g/mol. The van der Waals surface area contributed by atoms with Gasteiger partial charge in [-0.25, -0.2) is 8.78 Å². The Morgan fingerprint density at radius 3 is 2.53 bits per heavy atom. The lowest BCUT2D eigenvalue weighted by atomic mass is 10.1. The molecule has 0 saturated heterocycles. The molecule has 0 atom stereocenters. The van der Waals surface area contributed by atoms with Crippen LogP contribution in [-0.4, -0.2) is 37.0 Å². The fourth-order valence-electron chi connectivity index (χ4n) is 1.73. The minimum Gasteiger partial charge on any atom is -0.396 e. The average Bonchev–Trinajstić information content (AvgIpc) is 2.39. The Morgan fingerprint density at radius 1 is 1.32 bits per heavy atom. The summed E-state index contributed by atoms with van der Waals surface area (Å²) < 4.78 is 27.0. The van der Waals surface area contributed by atoms with E-state index in [0.717, 1.165) is 25.2 Å². The highest BCUT2D eigenvalue weighted by atomic mass is 19.1. The van der Waals surface area contributed by atoms with Crippen LogP contribution in [-0.2, 0) is 0 Å². The predicted octanol–water partition coefficient (Wildman–Crippen LogP) is 1.62. The van der Waals surface area contributed by atoms with Crippen LogP contribution < -0.4 is 11.1 Å². The number of rotatable bonds is 6. The number of anilines is 1. The summed E-state index contributed by atoms with van der Waals surface area (Å²) in [5.41, 5.74) is 4.45. The van der Waals surface area contributed by atoms with Crippen molar-refractivity contribution in [1.29, 1.82) is 0 Å². The number of nitrogens with two attached hydrogens (primary N) is 1. The molecule has 0 bridgehead atoms. The second-order valence-corrected chi connectivity index (χ2v) is 4.11. The van der Waals surface area contributed by atoms with Crippen molar-refractivity contribution in [2.45, 2.75) is 13.8 Å². The average molecular weight is 271 g/mol. The molecule has 1 rings (SSSR count). The normalized spacial score (nSPS) is 10.8. The van der Waals surface area contributed by atoms with E-state index in [1.807, 2.05) is 13.8 Å². The summed E-state index contributed by atoms with van der Waals surface area (Å²) in [7, 11) is 0. The summed E-state index contributed by atoms with van der Waals surface area (Å²) in [6.07, 6.45) is 0. The van der Waals surface area contributed by atoms with Gasteiger partial charge in [-0.15, -0.1) is 0 Å². The molecule has 0 fully saturated rings. The van der Waals surface area contributed by atoms with Crippen LogP contribution in [0.1, 0.15) is 24.2 Å². The molecule has 1 amide bonds. The highest BCUT2D eigenvalue weighted by Crippen LogP contribution is 2.18. The van der Waals surface area contributed by atoms with E-state index in [1.165, 1.54) is 0 Å². The van der Waals surface area contributed by atoms with Crippen LogP contribution in [0.4, 0.5) is 14.5 Å². The first kappa shape index (κ1) is 15.4. The first-order chi connectivity index (χ1) is 9.01. The van der Waals surface area contributed by atoms with Gasteiger partial charge in [-0.1, -0.05) is 13.8 Å². The molecule has 0 unspecified atom stereocenters. The third-order valence-corrected chi connectivity index (χ3v) is 2.96. The molecule has 0 aliphatic heterocycles. The van der Waals surface area contributed by atoms with Gasteiger partial charge in [0.2, 0.25) is 0 Å².